The minimum atomic E-state index is 0.310. The van der Waals surface area contributed by atoms with Crippen molar-refractivity contribution in [2.45, 2.75) is 31.6 Å². The summed E-state index contributed by atoms with van der Waals surface area (Å²) in [7, 11) is 0. The monoisotopic (exact) mass is 172 g/mol. The maximum Gasteiger partial charge on any atom is 0.0934 e. The van der Waals surface area contributed by atoms with Crippen LogP contribution in [0.1, 0.15) is 25.3 Å². The first-order valence-electron chi connectivity index (χ1n) is 3.98. The van der Waals surface area contributed by atoms with Gasteiger partial charge in [-0.15, -0.1) is 11.6 Å². The summed E-state index contributed by atoms with van der Waals surface area (Å²) in [6.07, 6.45) is 6.58. The fourth-order valence-corrected chi connectivity index (χ4v) is 1.07. The summed E-state index contributed by atoms with van der Waals surface area (Å²) in [4.78, 5) is 0. The lowest BCUT2D eigenvalue weighted by molar-refractivity contribution is 0.562. The van der Waals surface area contributed by atoms with Gasteiger partial charge in [-0.05, 0) is 30.9 Å². The first-order valence-corrected chi connectivity index (χ1v) is 4.41. The standard InChI is InChI=1S/C9H13ClO/c1-2-9(10)4-3-8-5-6-11-7-8/h5-7,9H,2-4H2,1H3. The summed E-state index contributed by atoms with van der Waals surface area (Å²) in [5.74, 6) is 0. The van der Waals surface area contributed by atoms with Crippen LogP contribution in [0, 0.1) is 0 Å². The minimum Gasteiger partial charge on any atom is -0.472 e. The summed E-state index contributed by atoms with van der Waals surface area (Å²) in [6.45, 7) is 2.10. The summed E-state index contributed by atoms with van der Waals surface area (Å²) in [6, 6.07) is 1.99. The molecule has 1 atom stereocenters. The van der Waals surface area contributed by atoms with Gasteiger partial charge in [-0.25, -0.2) is 0 Å². The average molecular weight is 173 g/mol. The quantitative estimate of drug-likeness (QED) is 0.636. The van der Waals surface area contributed by atoms with Gasteiger partial charge in [0.15, 0.2) is 0 Å². The van der Waals surface area contributed by atoms with Crippen molar-refractivity contribution in [3.63, 3.8) is 0 Å². The molecule has 0 bridgehead atoms. The number of aryl methyl sites for hydroxylation is 1. The zero-order valence-corrected chi connectivity index (χ0v) is 7.47. The minimum absolute atomic E-state index is 0.310. The predicted octanol–water partition coefficient (Wildman–Crippen LogP) is 3.23. The molecule has 0 saturated carbocycles. The highest BCUT2D eigenvalue weighted by Crippen LogP contribution is 2.11. The van der Waals surface area contributed by atoms with Crippen molar-refractivity contribution < 1.29 is 4.42 Å². The molecule has 1 aromatic rings. The first-order chi connectivity index (χ1) is 5.33. The van der Waals surface area contributed by atoms with Gasteiger partial charge in [-0.1, -0.05) is 6.92 Å². The Labute approximate surface area is 72.4 Å². The SMILES string of the molecule is CCC(Cl)CCc1ccoc1. The van der Waals surface area contributed by atoms with E-state index in [1.54, 1.807) is 12.5 Å². The van der Waals surface area contributed by atoms with E-state index in [2.05, 4.69) is 6.92 Å². The lowest BCUT2D eigenvalue weighted by Crippen LogP contribution is -1.97. The van der Waals surface area contributed by atoms with E-state index < -0.39 is 0 Å². The molecule has 0 fully saturated rings. The molecule has 1 heterocycles. The zero-order chi connectivity index (χ0) is 8.10. The van der Waals surface area contributed by atoms with Crippen molar-refractivity contribution in [2.75, 3.05) is 0 Å². The number of hydrogen-bond acceptors (Lipinski definition) is 1. The van der Waals surface area contributed by atoms with Crippen LogP contribution < -0.4 is 0 Å². The molecule has 0 amide bonds. The fraction of sp³-hybridized carbons (Fsp3) is 0.556. The number of hydrogen-bond donors (Lipinski definition) is 0. The van der Waals surface area contributed by atoms with E-state index in [0.717, 1.165) is 19.3 Å². The number of rotatable bonds is 4. The van der Waals surface area contributed by atoms with Crippen LogP contribution in [0.3, 0.4) is 0 Å². The molecule has 1 nitrogen and oxygen atoms in total. The van der Waals surface area contributed by atoms with Crippen LogP contribution >= 0.6 is 11.6 Å². The third kappa shape index (κ3) is 2.98. The molecule has 0 saturated heterocycles. The van der Waals surface area contributed by atoms with E-state index in [9.17, 15) is 0 Å². The Hall–Kier alpha value is -0.430. The van der Waals surface area contributed by atoms with Crippen LogP contribution in [-0.4, -0.2) is 5.38 Å². The van der Waals surface area contributed by atoms with Crippen molar-refractivity contribution in [1.29, 1.82) is 0 Å². The van der Waals surface area contributed by atoms with Crippen LogP contribution in [-0.2, 0) is 6.42 Å². The van der Waals surface area contributed by atoms with Crippen molar-refractivity contribution >= 4 is 11.6 Å². The summed E-state index contributed by atoms with van der Waals surface area (Å²) >= 11 is 5.95. The van der Waals surface area contributed by atoms with Crippen molar-refractivity contribution in [1.82, 2.24) is 0 Å². The Kier molecular flexibility index (Phi) is 3.50. The van der Waals surface area contributed by atoms with Crippen LogP contribution in [0.5, 0.6) is 0 Å². The molecule has 2 heteroatoms. The number of furan rings is 1. The lowest BCUT2D eigenvalue weighted by Gasteiger charge is -2.02. The smallest absolute Gasteiger partial charge is 0.0934 e. The van der Waals surface area contributed by atoms with Crippen LogP contribution in [0.4, 0.5) is 0 Å². The molecule has 0 aliphatic rings. The second kappa shape index (κ2) is 4.45. The largest absolute Gasteiger partial charge is 0.472 e. The molecular weight excluding hydrogens is 160 g/mol. The predicted molar refractivity (Wildman–Crippen MR) is 47.0 cm³/mol. The second-order valence-electron chi connectivity index (χ2n) is 2.68. The molecule has 0 N–H and O–H groups in total. The highest BCUT2D eigenvalue weighted by molar-refractivity contribution is 6.20. The molecule has 1 rings (SSSR count). The van der Waals surface area contributed by atoms with Gasteiger partial charge >= 0.3 is 0 Å². The summed E-state index contributed by atoms with van der Waals surface area (Å²) in [5.41, 5.74) is 1.24. The Balaban J connectivity index is 2.23. The topological polar surface area (TPSA) is 13.1 Å². The molecule has 0 aliphatic carbocycles. The molecule has 11 heavy (non-hydrogen) atoms. The molecular formula is C9H13ClO. The highest BCUT2D eigenvalue weighted by atomic mass is 35.5. The van der Waals surface area contributed by atoms with Gasteiger partial charge in [0.05, 0.1) is 12.5 Å². The van der Waals surface area contributed by atoms with E-state index in [4.69, 9.17) is 16.0 Å². The fourth-order valence-electron chi connectivity index (χ4n) is 0.962. The van der Waals surface area contributed by atoms with Gasteiger partial charge in [0.25, 0.3) is 0 Å². The number of alkyl halides is 1. The lowest BCUT2D eigenvalue weighted by atomic mass is 10.1. The zero-order valence-electron chi connectivity index (χ0n) is 6.72. The van der Waals surface area contributed by atoms with Crippen LogP contribution in [0.25, 0.3) is 0 Å². The number of halogens is 1. The maximum absolute atomic E-state index is 5.95. The first kappa shape index (κ1) is 8.66. The normalized spacial score (nSPS) is 13.3. The Morgan fingerprint density at radius 3 is 3.00 bits per heavy atom. The van der Waals surface area contributed by atoms with Gasteiger partial charge in [0.1, 0.15) is 0 Å². The van der Waals surface area contributed by atoms with Crippen molar-refractivity contribution in [2.24, 2.45) is 0 Å². The van der Waals surface area contributed by atoms with Gasteiger partial charge in [0, 0.05) is 5.38 Å². The summed E-state index contributed by atoms with van der Waals surface area (Å²) < 4.78 is 4.94. The van der Waals surface area contributed by atoms with Crippen molar-refractivity contribution in [3.05, 3.63) is 24.2 Å². The van der Waals surface area contributed by atoms with E-state index >= 15 is 0 Å². The third-order valence-corrected chi connectivity index (χ3v) is 2.30. The van der Waals surface area contributed by atoms with E-state index in [-0.39, 0.29) is 0 Å². The molecule has 1 aromatic heterocycles. The molecule has 62 valence electrons. The molecule has 0 spiro atoms. The molecule has 0 radical (unpaired) electrons. The molecule has 1 unspecified atom stereocenters. The van der Waals surface area contributed by atoms with E-state index in [1.807, 2.05) is 6.07 Å². The van der Waals surface area contributed by atoms with Gasteiger partial charge in [-0.2, -0.15) is 0 Å². The highest BCUT2D eigenvalue weighted by Gasteiger charge is 2.01. The Morgan fingerprint density at radius 1 is 1.64 bits per heavy atom. The van der Waals surface area contributed by atoms with Crippen LogP contribution in [0.15, 0.2) is 23.0 Å². The van der Waals surface area contributed by atoms with E-state index in [0.29, 0.717) is 5.38 Å². The molecule has 0 aromatic carbocycles. The maximum atomic E-state index is 5.95. The van der Waals surface area contributed by atoms with Gasteiger partial charge in [0.2, 0.25) is 0 Å². The van der Waals surface area contributed by atoms with E-state index in [1.165, 1.54) is 5.56 Å². The Morgan fingerprint density at radius 2 is 2.45 bits per heavy atom. The Bertz CT molecular complexity index is 181. The van der Waals surface area contributed by atoms with Gasteiger partial charge < -0.3 is 4.42 Å². The molecule has 0 aliphatic heterocycles. The van der Waals surface area contributed by atoms with Crippen molar-refractivity contribution in [3.8, 4) is 0 Å². The summed E-state index contributed by atoms with van der Waals surface area (Å²) in [5, 5.41) is 0.310. The van der Waals surface area contributed by atoms with Gasteiger partial charge in [-0.3, -0.25) is 0 Å². The average Bonchev–Trinajstić information content (AvgIpc) is 2.52. The second-order valence-corrected chi connectivity index (χ2v) is 3.29. The van der Waals surface area contributed by atoms with Crippen LogP contribution in [0.2, 0.25) is 0 Å². The third-order valence-electron chi connectivity index (χ3n) is 1.77.